The summed E-state index contributed by atoms with van der Waals surface area (Å²) in [5.41, 5.74) is 1.58. The number of aryl methyl sites for hydroxylation is 1. The highest BCUT2D eigenvalue weighted by atomic mass is 16.2. The molecule has 1 aromatic rings. The van der Waals surface area contributed by atoms with Gasteiger partial charge in [-0.2, -0.15) is 5.26 Å². The third-order valence-electron chi connectivity index (χ3n) is 3.85. The average molecular weight is 242 g/mol. The molecule has 0 spiro atoms. The Bertz CT molecular complexity index is 497. The molecule has 0 unspecified atom stereocenters. The fraction of sp³-hybridized carbons (Fsp3) is 0.467. The van der Waals surface area contributed by atoms with Gasteiger partial charge in [0.1, 0.15) is 5.41 Å². The van der Waals surface area contributed by atoms with Crippen molar-refractivity contribution in [3.05, 3.63) is 35.4 Å². The number of carbonyl (C=O) groups is 1. The minimum atomic E-state index is -0.739. The van der Waals surface area contributed by atoms with Gasteiger partial charge in [-0.25, -0.2) is 0 Å². The number of nitriles is 1. The van der Waals surface area contributed by atoms with Gasteiger partial charge in [-0.15, -0.1) is 0 Å². The molecule has 0 atom stereocenters. The Labute approximate surface area is 108 Å². The average Bonchev–Trinajstić information content (AvgIpc) is 2.31. The van der Waals surface area contributed by atoms with E-state index in [-0.39, 0.29) is 5.91 Å². The highest BCUT2D eigenvalue weighted by Crippen LogP contribution is 2.41. The maximum atomic E-state index is 12.3. The Morgan fingerprint density at radius 3 is 2.61 bits per heavy atom. The van der Waals surface area contributed by atoms with Crippen molar-refractivity contribution in [1.29, 1.82) is 5.26 Å². The van der Waals surface area contributed by atoms with Gasteiger partial charge < -0.3 is 4.90 Å². The summed E-state index contributed by atoms with van der Waals surface area (Å²) in [7, 11) is 1.78. The molecular formula is C15H18N2O. The van der Waals surface area contributed by atoms with Gasteiger partial charge in [-0.05, 0) is 37.3 Å². The first-order valence-corrected chi connectivity index (χ1v) is 6.30. The summed E-state index contributed by atoms with van der Waals surface area (Å²) in [6.45, 7) is 2.62. The van der Waals surface area contributed by atoms with E-state index >= 15 is 0 Å². The molecule has 3 heteroatoms. The van der Waals surface area contributed by atoms with Crippen LogP contribution in [0.15, 0.2) is 24.3 Å². The second-order valence-electron chi connectivity index (χ2n) is 5.14. The van der Waals surface area contributed by atoms with Crippen molar-refractivity contribution in [1.82, 2.24) is 4.90 Å². The maximum Gasteiger partial charge on any atom is 0.243 e. The molecule has 94 valence electrons. The molecule has 0 aromatic heterocycles. The predicted octanol–water partition coefficient (Wildman–Crippen LogP) is 2.65. The Hall–Kier alpha value is -1.82. The highest BCUT2D eigenvalue weighted by molar-refractivity contribution is 5.86. The smallest absolute Gasteiger partial charge is 0.243 e. The molecule has 1 fully saturated rings. The Balaban J connectivity index is 2.09. The van der Waals surface area contributed by atoms with Crippen LogP contribution in [-0.4, -0.2) is 17.9 Å². The van der Waals surface area contributed by atoms with E-state index in [0.717, 1.165) is 12.0 Å². The van der Waals surface area contributed by atoms with Gasteiger partial charge in [0.15, 0.2) is 0 Å². The van der Waals surface area contributed by atoms with Crippen LogP contribution in [0.25, 0.3) is 0 Å². The molecule has 0 aliphatic heterocycles. The van der Waals surface area contributed by atoms with E-state index in [4.69, 9.17) is 0 Å². The second kappa shape index (κ2) is 4.81. The highest BCUT2D eigenvalue weighted by Gasteiger charge is 2.46. The molecule has 1 aromatic carbocycles. The zero-order valence-corrected chi connectivity index (χ0v) is 10.9. The number of hydrogen-bond donors (Lipinski definition) is 0. The van der Waals surface area contributed by atoms with Gasteiger partial charge in [0, 0.05) is 13.6 Å². The lowest BCUT2D eigenvalue weighted by molar-refractivity contribution is -0.142. The summed E-state index contributed by atoms with van der Waals surface area (Å²) >= 11 is 0. The molecule has 18 heavy (non-hydrogen) atoms. The van der Waals surface area contributed by atoms with Crippen LogP contribution in [0.4, 0.5) is 0 Å². The fourth-order valence-electron chi connectivity index (χ4n) is 2.38. The monoisotopic (exact) mass is 242 g/mol. The van der Waals surface area contributed by atoms with Crippen LogP contribution in [-0.2, 0) is 11.3 Å². The van der Waals surface area contributed by atoms with E-state index in [0.29, 0.717) is 19.4 Å². The Kier molecular flexibility index (Phi) is 3.38. The predicted molar refractivity (Wildman–Crippen MR) is 69.6 cm³/mol. The van der Waals surface area contributed by atoms with Crippen LogP contribution in [0.5, 0.6) is 0 Å². The molecule has 0 bridgehead atoms. The van der Waals surface area contributed by atoms with Crippen molar-refractivity contribution in [2.45, 2.75) is 32.7 Å². The summed E-state index contributed by atoms with van der Waals surface area (Å²) < 4.78 is 0. The summed E-state index contributed by atoms with van der Waals surface area (Å²) in [6.07, 6.45) is 2.40. The third kappa shape index (κ3) is 2.11. The number of benzene rings is 1. The first-order chi connectivity index (χ1) is 8.59. The van der Waals surface area contributed by atoms with E-state index in [1.165, 1.54) is 5.56 Å². The van der Waals surface area contributed by atoms with Crippen molar-refractivity contribution in [2.75, 3.05) is 7.05 Å². The van der Waals surface area contributed by atoms with Crippen molar-refractivity contribution >= 4 is 5.91 Å². The van der Waals surface area contributed by atoms with E-state index in [9.17, 15) is 10.1 Å². The summed E-state index contributed by atoms with van der Waals surface area (Å²) in [6, 6.07) is 10.2. The first-order valence-electron chi connectivity index (χ1n) is 6.30. The van der Waals surface area contributed by atoms with Gasteiger partial charge in [0.2, 0.25) is 5.91 Å². The fourth-order valence-corrected chi connectivity index (χ4v) is 2.38. The second-order valence-corrected chi connectivity index (χ2v) is 5.14. The molecule has 1 amide bonds. The number of rotatable bonds is 3. The molecule has 0 N–H and O–H groups in total. The largest absolute Gasteiger partial charge is 0.340 e. The van der Waals surface area contributed by atoms with Crippen molar-refractivity contribution in [3.63, 3.8) is 0 Å². The Morgan fingerprint density at radius 2 is 2.11 bits per heavy atom. The number of hydrogen-bond acceptors (Lipinski definition) is 2. The topological polar surface area (TPSA) is 44.1 Å². The van der Waals surface area contributed by atoms with E-state index in [2.05, 4.69) is 6.07 Å². The van der Waals surface area contributed by atoms with Crippen molar-refractivity contribution in [2.24, 2.45) is 5.41 Å². The lowest BCUT2D eigenvalue weighted by atomic mass is 9.69. The lowest BCUT2D eigenvalue weighted by Crippen LogP contribution is -2.45. The van der Waals surface area contributed by atoms with Crippen molar-refractivity contribution < 1.29 is 4.79 Å². The molecule has 1 aliphatic carbocycles. The number of amides is 1. The van der Waals surface area contributed by atoms with E-state index in [1.807, 2.05) is 31.2 Å². The van der Waals surface area contributed by atoms with Crippen molar-refractivity contribution in [3.8, 4) is 6.07 Å². The minimum Gasteiger partial charge on any atom is -0.340 e. The van der Waals surface area contributed by atoms with Crippen LogP contribution in [0.3, 0.4) is 0 Å². The minimum absolute atomic E-state index is 0.0282. The third-order valence-corrected chi connectivity index (χ3v) is 3.85. The van der Waals surface area contributed by atoms with Gasteiger partial charge >= 0.3 is 0 Å². The van der Waals surface area contributed by atoms with Crippen LogP contribution in [0.2, 0.25) is 0 Å². The van der Waals surface area contributed by atoms with Gasteiger partial charge in [-0.1, -0.05) is 24.3 Å². The van der Waals surface area contributed by atoms with Crippen LogP contribution < -0.4 is 0 Å². The van der Waals surface area contributed by atoms with Crippen LogP contribution in [0.1, 0.15) is 30.4 Å². The first kappa shape index (κ1) is 12.6. The lowest BCUT2D eigenvalue weighted by Gasteiger charge is -2.36. The molecular weight excluding hydrogens is 224 g/mol. The maximum absolute atomic E-state index is 12.3. The summed E-state index contributed by atoms with van der Waals surface area (Å²) in [5.74, 6) is -0.0282. The SMILES string of the molecule is Cc1ccccc1CN(C)C(=O)C1(C#N)CCC1. The molecule has 0 radical (unpaired) electrons. The van der Waals surface area contributed by atoms with Crippen LogP contribution >= 0.6 is 0 Å². The van der Waals surface area contributed by atoms with Gasteiger partial charge in [0.25, 0.3) is 0 Å². The molecule has 0 heterocycles. The number of nitrogens with zero attached hydrogens (tertiary/aromatic N) is 2. The van der Waals surface area contributed by atoms with Gasteiger partial charge in [-0.3, -0.25) is 4.79 Å². The van der Waals surface area contributed by atoms with E-state index < -0.39 is 5.41 Å². The van der Waals surface area contributed by atoms with Crippen LogP contribution in [0, 0.1) is 23.7 Å². The zero-order chi connectivity index (χ0) is 13.2. The molecule has 0 saturated heterocycles. The zero-order valence-electron chi connectivity index (χ0n) is 10.9. The number of carbonyl (C=O) groups excluding carboxylic acids is 1. The van der Waals surface area contributed by atoms with Gasteiger partial charge in [0.05, 0.1) is 6.07 Å². The molecule has 1 aliphatic rings. The summed E-state index contributed by atoms with van der Waals surface area (Å²) in [4.78, 5) is 14.0. The molecule has 3 nitrogen and oxygen atoms in total. The van der Waals surface area contributed by atoms with E-state index in [1.54, 1.807) is 11.9 Å². The molecule has 2 rings (SSSR count). The standard InChI is InChI=1S/C15H18N2O/c1-12-6-3-4-7-13(12)10-17(2)14(18)15(11-16)8-5-9-15/h3-4,6-7H,5,8-10H2,1-2H3. The summed E-state index contributed by atoms with van der Waals surface area (Å²) in [5, 5.41) is 9.18. The Morgan fingerprint density at radius 1 is 1.44 bits per heavy atom. The quantitative estimate of drug-likeness (QED) is 0.817. The normalized spacial score (nSPS) is 16.5. The molecule has 1 saturated carbocycles.